The fraction of sp³-hybridized carbons (Fsp3) is 0.583. The number of likely N-dealkylation sites (tertiary alicyclic amines) is 1. The van der Waals surface area contributed by atoms with Crippen LogP contribution >= 0.6 is 0 Å². The summed E-state index contributed by atoms with van der Waals surface area (Å²) in [7, 11) is 0. The Balaban J connectivity index is 1.72. The van der Waals surface area contributed by atoms with Gasteiger partial charge in [-0.1, -0.05) is 0 Å². The van der Waals surface area contributed by atoms with Gasteiger partial charge in [-0.25, -0.2) is 0 Å². The average Bonchev–Trinajstić information content (AvgIpc) is 2.97. The topological polar surface area (TPSA) is 68.4 Å². The van der Waals surface area contributed by atoms with Gasteiger partial charge in [-0.05, 0) is 32.9 Å². The maximum Gasteiger partial charge on any atom is 0.268 e. The molecule has 0 spiro atoms. The van der Waals surface area contributed by atoms with Gasteiger partial charge in [0.25, 0.3) is 5.71 Å². The molecular formula is C12H17N3O2. The van der Waals surface area contributed by atoms with E-state index in [0.29, 0.717) is 22.7 Å². The van der Waals surface area contributed by atoms with Crippen LogP contribution < -0.4 is 5.73 Å². The van der Waals surface area contributed by atoms with E-state index in [1.165, 1.54) is 25.9 Å². The third-order valence-corrected chi connectivity index (χ3v) is 3.35. The maximum absolute atomic E-state index is 5.83. The van der Waals surface area contributed by atoms with E-state index in [9.17, 15) is 0 Å². The second kappa shape index (κ2) is 4.07. The van der Waals surface area contributed by atoms with E-state index in [0.717, 1.165) is 18.9 Å². The number of aryl methyl sites for hydroxylation is 1. The molecule has 2 N–H and O–H groups in total. The summed E-state index contributed by atoms with van der Waals surface area (Å²) < 4.78 is 11.0. The summed E-state index contributed by atoms with van der Waals surface area (Å²) in [5.74, 6) is 1.40. The van der Waals surface area contributed by atoms with Crippen molar-refractivity contribution in [2.24, 2.45) is 0 Å². The Hall–Kier alpha value is -1.49. The van der Waals surface area contributed by atoms with Gasteiger partial charge in [0.1, 0.15) is 11.4 Å². The molecule has 0 unspecified atom stereocenters. The van der Waals surface area contributed by atoms with E-state index in [2.05, 4.69) is 9.88 Å². The number of nitrogens with zero attached hydrogens (tertiary/aromatic N) is 2. The minimum atomic E-state index is 0.524. The van der Waals surface area contributed by atoms with E-state index >= 15 is 0 Å². The quantitative estimate of drug-likeness (QED) is 0.880. The average molecular weight is 235 g/mol. The molecular weight excluding hydrogens is 218 g/mol. The third-order valence-electron chi connectivity index (χ3n) is 3.35. The van der Waals surface area contributed by atoms with Crippen LogP contribution in [0.2, 0.25) is 0 Å². The third kappa shape index (κ3) is 1.91. The molecule has 0 saturated carbocycles. The largest absolute Gasteiger partial charge is 0.438 e. The van der Waals surface area contributed by atoms with Crippen LogP contribution in [0, 0.1) is 6.92 Å². The number of nitrogen functional groups attached to an aromatic ring is 1. The molecule has 92 valence electrons. The highest BCUT2D eigenvalue weighted by molar-refractivity contribution is 5.82. The molecule has 0 amide bonds. The van der Waals surface area contributed by atoms with Gasteiger partial charge in [0, 0.05) is 13.0 Å². The second-order valence-corrected chi connectivity index (χ2v) is 4.61. The smallest absolute Gasteiger partial charge is 0.268 e. The molecule has 0 aliphatic carbocycles. The van der Waals surface area contributed by atoms with Gasteiger partial charge in [-0.15, -0.1) is 0 Å². The zero-order valence-electron chi connectivity index (χ0n) is 10.0. The van der Waals surface area contributed by atoms with E-state index in [-0.39, 0.29) is 0 Å². The Labute approximate surface area is 99.6 Å². The monoisotopic (exact) mass is 235 g/mol. The molecule has 1 saturated heterocycles. The number of anilines is 1. The normalized spacial score (nSPS) is 17.2. The zero-order valence-corrected chi connectivity index (χ0v) is 10.0. The predicted molar refractivity (Wildman–Crippen MR) is 64.8 cm³/mol. The number of fused-ring (bicyclic) bond motifs is 1. The van der Waals surface area contributed by atoms with Crippen molar-refractivity contribution in [2.75, 3.05) is 25.4 Å². The molecule has 17 heavy (non-hydrogen) atoms. The summed E-state index contributed by atoms with van der Waals surface area (Å²) in [6, 6.07) is 0. The molecule has 2 aromatic heterocycles. The van der Waals surface area contributed by atoms with Gasteiger partial charge in [0.05, 0.1) is 0 Å². The Morgan fingerprint density at radius 3 is 2.76 bits per heavy atom. The summed E-state index contributed by atoms with van der Waals surface area (Å²) in [5.41, 5.74) is 7.52. The molecule has 5 heteroatoms. The van der Waals surface area contributed by atoms with Crippen LogP contribution in [0.4, 0.5) is 5.69 Å². The van der Waals surface area contributed by atoms with Crippen molar-refractivity contribution in [1.29, 1.82) is 0 Å². The van der Waals surface area contributed by atoms with Gasteiger partial charge in [-0.3, -0.25) is 0 Å². The number of furan rings is 1. The fourth-order valence-electron chi connectivity index (χ4n) is 2.31. The molecule has 2 aromatic rings. The molecule has 0 aromatic carbocycles. The van der Waals surface area contributed by atoms with Crippen molar-refractivity contribution in [3.8, 4) is 0 Å². The highest BCUT2D eigenvalue weighted by Gasteiger charge is 2.17. The number of hydrogen-bond donors (Lipinski definition) is 1. The van der Waals surface area contributed by atoms with Crippen LogP contribution in [0.1, 0.15) is 24.5 Å². The standard InChI is InChI=1S/C12H17N3O2/c1-8-10(13)11-12(16-8)14-9(17-11)4-7-15-5-2-3-6-15/h2-7,13H2,1H3. The van der Waals surface area contributed by atoms with Crippen molar-refractivity contribution >= 4 is 17.0 Å². The SMILES string of the molecule is Cc1oc2nc(CCN3CCCC3)oc2c1N. The minimum Gasteiger partial charge on any atom is -0.438 e. The van der Waals surface area contributed by atoms with Gasteiger partial charge in [-0.2, -0.15) is 4.98 Å². The first kappa shape index (κ1) is 10.7. The number of oxazole rings is 1. The Bertz CT molecular complexity index is 523. The van der Waals surface area contributed by atoms with Gasteiger partial charge < -0.3 is 19.5 Å². The zero-order chi connectivity index (χ0) is 11.8. The summed E-state index contributed by atoms with van der Waals surface area (Å²) in [4.78, 5) is 6.75. The first-order chi connectivity index (χ1) is 8.24. The molecule has 3 heterocycles. The maximum atomic E-state index is 5.83. The highest BCUT2D eigenvalue weighted by Crippen LogP contribution is 2.28. The molecule has 1 aliphatic rings. The first-order valence-electron chi connectivity index (χ1n) is 6.10. The van der Waals surface area contributed by atoms with Crippen LogP contribution in [-0.2, 0) is 6.42 Å². The number of nitrogens with two attached hydrogens (primary N) is 1. The van der Waals surface area contributed by atoms with E-state index in [1.54, 1.807) is 0 Å². The van der Waals surface area contributed by atoms with Crippen LogP contribution in [0.15, 0.2) is 8.83 Å². The summed E-state index contributed by atoms with van der Waals surface area (Å²) in [6.45, 7) is 5.20. The van der Waals surface area contributed by atoms with E-state index in [4.69, 9.17) is 14.6 Å². The Morgan fingerprint density at radius 2 is 2.06 bits per heavy atom. The molecule has 0 radical (unpaired) electrons. The first-order valence-corrected chi connectivity index (χ1v) is 6.10. The van der Waals surface area contributed by atoms with Crippen LogP contribution in [0.3, 0.4) is 0 Å². The molecule has 0 atom stereocenters. The number of rotatable bonds is 3. The van der Waals surface area contributed by atoms with Crippen molar-refractivity contribution in [3.63, 3.8) is 0 Å². The van der Waals surface area contributed by atoms with Crippen molar-refractivity contribution in [3.05, 3.63) is 11.7 Å². The Kier molecular flexibility index (Phi) is 2.55. The highest BCUT2D eigenvalue weighted by atomic mass is 16.4. The lowest BCUT2D eigenvalue weighted by Crippen LogP contribution is -2.21. The van der Waals surface area contributed by atoms with Crippen LogP contribution in [0.5, 0.6) is 0 Å². The van der Waals surface area contributed by atoms with E-state index in [1.807, 2.05) is 6.92 Å². The number of aromatic nitrogens is 1. The molecule has 3 rings (SSSR count). The second-order valence-electron chi connectivity index (χ2n) is 4.61. The predicted octanol–water partition coefficient (Wildman–Crippen LogP) is 1.95. The van der Waals surface area contributed by atoms with E-state index < -0.39 is 0 Å². The van der Waals surface area contributed by atoms with Crippen LogP contribution in [0.25, 0.3) is 11.3 Å². The van der Waals surface area contributed by atoms with Gasteiger partial charge in [0.15, 0.2) is 5.89 Å². The fourth-order valence-corrected chi connectivity index (χ4v) is 2.31. The molecule has 5 nitrogen and oxygen atoms in total. The van der Waals surface area contributed by atoms with Crippen LogP contribution in [-0.4, -0.2) is 29.5 Å². The van der Waals surface area contributed by atoms with Gasteiger partial charge in [0.2, 0.25) is 5.58 Å². The van der Waals surface area contributed by atoms with Gasteiger partial charge >= 0.3 is 0 Å². The molecule has 0 bridgehead atoms. The lowest BCUT2D eigenvalue weighted by Gasteiger charge is -2.12. The minimum absolute atomic E-state index is 0.524. The lowest BCUT2D eigenvalue weighted by molar-refractivity contribution is 0.330. The summed E-state index contributed by atoms with van der Waals surface area (Å²) >= 11 is 0. The summed E-state index contributed by atoms with van der Waals surface area (Å²) in [6.07, 6.45) is 3.43. The Morgan fingerprint density at radius 1 is 1.29 bits per heavy atom. The van der Waals surface area contributed by atoms with Crippen molar-refractivity contribution in [2.45, 2.75) is 26.2 Å². The van der Waals surface area contributed by atoms with Crippen molar-refractivity contribution < 1.29 is 8.83 Å². The summed E-state index contributed by atoms with van der Waals surface area (Å²) in [5, 5.41) is 0. The molecule has 1 aliphatic heterocycles. The van der Waals surface area contributed by atoms with Crippen molar-refractivity contribution in [1.82, 2.24) is 9.88 Å². The number of hydrogen-bond acceptors (Lipinski definition) is 5. The molecule has 1 fully saturated rings. The lowest BCUT2D eigenvalue weighted by atomic mass is 10.4.